The number of sulfonamides is 1. The van der Waals surface area contributed by atoms with Gasteiger partial charge in [-0.1, -0.05) is 26.0 Å². The Morgan fingerprint density at radius 2 is 1.70 bits per heavy atom. The highest BCUT2D eigenvalue weighted by molar-refractivity contribution is 7.91. The zero-order valence-corrected chi connectivity index (χ0v) is 35.0. The van der Waals surface area contributed by atoms with Crippen molar-refractivity contribution in [3.63, 3.8) is 0 Å². The van der Waals surface area contributed by atoms with Crippen molar-refractivity contribution < 1.29 is 68.1 Å². The van der Waals surface area contributed by atoms with Crippen LogP contribution in [0.4, 0.5) is 31.1 Å². The van der Waals surface area contributed by atoms with Gasteiger partial charge in [0, 0.05) is 18.4 Å². The Hall–Kier alpha value is -4.89. The summed E-state index contributed by atoms with van der Waals surface area (Å²) in [7, 11) is -2.85. The maximum Gasteiger partial charge on any atom is 0.438 e. The molecule has 22 heteroatoms. The molecule has 61 heavy (non-hydrogen) atoms. The summed E-state index contributed by atoms with van der Waals surface area (Å²) in [6.45, 7) is 5.49. The molecule has 2 aliphatic heterocycles. The van der Waals surface area contributed by atoms with Gasteiger partial charge in [0.2, 0.25) is 39.0 Å². The number of nitrogens with one attached hydrogen (secondary N) is 3. The number of ether oxygens (including phenoxy) is 3. The third kappa shape index (κ3) is 9.47. The fourth-order valence-corrected chi connectivity index (χ4v) is 8.92. The average Bonchev–Trinajstić information content (AvgIpc) is 4.03. The van der Waals surface area contributed by atoms with Gasteiger partial charge in [0.15, 0.2) is 0 Å². The minimum absolute atomic E-state index is 0.0312. The van der Waals surface area contributed by atoms with Gasteiger partial charge in [-0.25, -0.2) is 23.2 Å². The van der Waals surface area contributed by atoms with E-state index in [1.807, 2.05) is 6.92 Å². The molecular weight excluding hydrogens is 843 g/mol. The summed E-state index contributed by atoms with van der Waals surface area (Å²) in [4.78, 5) is 64.9. The van der Waals surface area contributed by atoms with Crippen molar-refractivity contribution in [3.05, 3.63) is 36.0 Å². The van der Waals surface area contributed by atoms with Gasteiger partial charge in [-0.3, -0.25) is 19.1 Å². The van der Waals surface area contributed by atoms with E-state index in [0.29, 0.717) is 39.5 Å². The number of benzene rings is 1. The van der Waals surface area contributed by atoms with Gasteiger partial charge >= 0.3 is 18.4 Å². The SMILES string of the molecule is COc1ccc2nc(C(F)(F)F)c(O[C@@H]3C[C@H]4C(=O)N[C@]5(C(=O)NS(=O)(=O)C6(C)CC6)C[C@H]5/C=C\CC[C@@H](C)C[C@@H](C)[C@H](NC(=O)OC(C)(C)C(F)(F)F)C(=O)N4C3)nc2c1. The molecule has 2 saturated carbocycles. The smallest absolute Gasteiger partial charge is 0.438 e. The Balaban J connectivity index is 1.39. The van der Waals surface area contributed by atoms with Crippen molar-refractivity contribution in [2.75, 3.05) is 13.7 Å². The molecule has 4 aliphatic rings. The first kappa shape index (κ1) is 45.6. The predicted octanol–water partition coefficient (Wildman–Crippen LogP) is 5.33. The Morgan fingerprint density at radius 1 is 1.02 bits per heavy atom. The summed E-state index contributed by atoms with van der Waals surface area (Å²) in [5.74, 6) is -5.45. The molecule has 4 amide bonds. The van der Waals surface area contributed by atoms with Crippen LogP contribution >= 0.6 is 0 Å². The van der Waals surface area contributed by atoms with Gasteiger partial charge in [-0.15, -0.1) is 0 Å². The lowest BCUT2D eigenvalue weighted by Gasteiger charge is -2.34. The monoisotopic (exact) mass is 890 g/mol. The highest BCUT2D eigenvalue weighted by Gasteiger charge is 2.63. The number of halogens is 6. The number of alkyl halides is 6. The van der Waals surface area contributed by atoms with Crippen LogP contribution in [-0.4, -0.2) is 101 Å². The summed E-state index contributed by atoms with van der Waals surface area (Å²) < 4.78 is 127. The van der Waals surface area contributed by atoms with E-state index in [2.05, 4.69) is 25.3 Å². The second-order valence-electron chi connectivity index (χ2n) is 17.2. The number of rotatable bonds is 8. The molecule has 0 unspecified atom stereocenters. The number of hydrogen-bond donors (Lipinski definition) is 3. The van der Waals surface area contributed by atoms with Crippen LogP contribution in [0.2, 0.25) is 0 Å². The maximum absolute atomic E-state index is 14.7. The maximum atomic E-state index is 14.7. The molecule has 0 spiro atoms. The third-order valence-electron chi connectivity index (χ3n) is 11.9. The fourth-order valence-electron chi connectivity index (χ4n) is 7.61. The number of carbonyl (C=O) groups is 4. The molecule has 3 N–H and O–H groups in total. The van der Waals surface area contributed by atoms with E-state index >= 15 is 0 Å². The predicted molar refractivity (Wildman–Crippen MR) is 204 cm³/mol. The lowest BCUT2D eigenvalue weighted by Crippen LogP contribution is -2.59. The van der Waals surface area contributed by atoms with Crippen LogP contribution in [0.3, 0.4) is 0 Å². The van der Waals surface area contributed by atoms with E-state index < -0.39 is 117 Å². The van der Waals surface area contributed by atoms with Crippen LogP contribution in [-0.2, 0) is 35.3 Å². The average molecular weight is 891 g/mol. The van der Waals surface area contributed by atoms with Crippen molar-refractivity contribution in [2.24, 2.45) is 17.8 Å². The van der Waals surface area contributed by atoms with E-state index in [0.717, 1.165) is 4.90 Å². The fraction of sp³-hybridized carbons (Fsp3) is 0.641. The molecule has 2 aliphatic carbocycles. The highest BCUT2D eigenvalue weighted by Crippen LogP contribution is 2.48. The van der Waals surface area contributed by atoms with Gasteiger partial charge in [0.1, 0.15) is 29.5 Å². The zero-order chi connectivity index (χ0) is 45.1. The first-order chi connectivity index (χ1) is 28.2. The van der Waals surface area contributed by atoms with Gasteiger partial charge in [0.05, 0.1) is 29.4 Å². The number of fused-ring (bicyclic) bond motifs is 3. The van der Waals surface area contributed by atoms with Crippen LogP contribution in [0.5, 0.6) is 11.6 Å². The Bertz CT molecular complexity index is 2220. The summed E-state index contributed by atoms with van der Waals surface area (Å²) in [5.41, 5.74) is -6.51. The lowest BCUT2D eigenvalue weighted by molar-refractivity contribution is -0.244. The van der Waals surface area contributed by atoms with E-state index in [9.17, 15) is 53.9 Å². The largest absolute Gasteiger partial charge is 0.497 e. The van der Waals surface area contributed by atoms with E-state index in [1.54, 1.807) is 19.1 Å². The Morgan fingerprint density at radius 3 is 2.33 bits per heavy atom. The van der Waals surface area contributed by atoms with E-state index in [4.69, 9.17) is 14.2 Å². The van der Waals surface area contributed by atoms with Crippen molar-refractivity contribution >= 4 is 44.9 Å². The van der Waals surface area contributed by atoms with Crippen LogP contribution in [0.1, 0.15) is 85.3 Å². The number of nitrogens with zero attached hydrogens (tertiary/aromatic N) is 3. The zero-order valence-electron chi connectivity index (χ0n) is 34.2. The van der Waals surface area contributed by atoms with Crippen molar-refractivity contribution in [3.8, 4) is 11.6 Å². The van der Waals surface area contributed by atoms with Gasteiger partial charge in [-0.05, 0) is 83.3 Å². The van der Waals surface area contributed by atoms with Crippen molar-refractivity contribution in [1.29, 1.82) is 0 Å². The molecule has 7 atom stereocenters. The van der Waals surface area contributed by atoms with Crippen LogP contribution in [0.15, 0.2) is 30.4 Å². The van der Waals surface area contributed by atoms with Crippen LogP contribution < -0.4 is 24.8 Å². The Labute approximate surface area is 347 Å². The summed E-state index contributed by atoms with van der Waals surface area (Å²) in [5, 5.41) is 4.88. The first-order valence-corrected chi connectivity index (χ1v) is 21.2. The van der Waals surface area contributed by atoms with Crippen molar-refractivity contribution in [1.82, 2.24) is 30.2 Å². The molecule has 1 saturated heterocycles. The standard InChI is InChI=1S/C39H48F6N6O9S/c1-20-9-7-8-10-22-18-37(22,33(54)50-61(56,57)36(5)13-14-36)49-30(52)27-17-24(59-31-29(38(40,41)42)46-25-12-11-23(58-6)16-26(25)47-31)19-51(27)32(53)28(21(2)15-20)48-34(55)60-35(3,4)39(43,44)45/h8,10-12,16,20-22,24,27-28H,7,9,13-15,17-19H2,1-6H3,(H,48,55)(H,49,52)(H,50,54)/b10-8-/t20-,21-,22-,24-,27+,28+,37-/m1/s1. The van der Waals surface area contributed by atoms with E-state index in [-0.39, 0.29) is 35.5 Å². The third-order valence-corrected chi connectivity index (χ3v) is 14.1. The molecule has 336 valence electrons. The molecule has 0 radical (unpaired) electrons. The highest BCUT2D eigenvalue weighted by atomic mass is 32.2. The molecule has 1 aromatic heterocycles. The molecule has 0 bridgehead atoms. The molecule has 2 aromatic rings. The molecular formula is C39H48F6N6O9S. The number of methoxy groups -OCH3 is 1. The topological polar surface area (TPSA) is 195 Å². The van der Waals surface area contributed by atoms with Gasteiger partial charge < -0.3 is 29.7 Å². The first-order valence-electron chi connectivity index (χ1n) is 19.7. The molecule has 15 nitrogen and oxygen atoms in total. The quantitative estimate of drug-likeness (QED) is 0.229. The van der Waals surface area contributed by atoms with Crippen LogP contribution in [0.25, 0.3) is 11.0 Å². The molecule has 1 aromatic carbocycles. The van der Waals surface area contributed by atoms with E-state index in [1.165, 1.54) is 32.2 Å². The Kier molecular flexibility index (Phi) is 12.0. The number of alkyl carbamates (subject to hydrolysis) is 1. The number of allylic oxidation sites excluding steroid dienone is 1. The van der Waals surface area contributed by atoms with Crippen molar-refractivity contribution in [2.45, 2.75) is 126 Å². The van der Waals surface area contributed by atoms with Gasteiger partial charge in [0.25, 0.3) is 5.91 Å². The molecule has 3 fully saturated rings. The lowest BCUT2D eigenvalue weighted by atomic mass is 9.88. The van der Waals surface area contributed by atoms with Crippen LogP contribution in [0, 0.1) is 17.8 Å². The number of amides is 4. The number of carbonyl (C=O) groups excluding carboxylic acids is 4. The normalized spacial score (nSPS) is 28.9. The minimum atomic E-state index is -5.09. The second kappa shape index (κ2) is 16.1. The summed E-state index contributed by atoms with van der Waals surface area (Å²) in [6.07, 6.45) is -8.40. The summed E-state index contributed by atoms with van der Waals surface area (Å²) in [6, 6.07) is 0.689. The van der Waals surface area contributed by atoms with Gasteiger partial charge in [-0.2, -0.15) is 26.3 Å². The summed E-state index contributed by atoms with van der Waals surface area (Å²) >= 11 is 0. The number of aromatic nitrogens is 2. The molecule has 6 rings (SSSR count). The second-order valence-corrected chi connectivity index (χ2v) is 19.4. The molecule has 3 heterocycles. The minimum Gasteiger partial charge on any atom is -0.497 e. The number of hydrogen-bond acceptors (Lipinski definition) is 11.